The third-order valence-corrected chi connectivity index (χ3v) is 18.0. The molecule has 0 amide bonds. The smallest absolute Gasteiger partial charge is 0.0775 e. The van der Waals surface area contributed by atoms with E-state index in [0.717, 1.165) is 34.1 Å². The minimum absolute atomic E-state index is 1.14. The van der Waals surface area contributed by atoms with E-state index in [9.17, 15) is 0 Å². The number of hydrogen-bond donors (Lipinski definition) is 0. The first-order chi connectivity index (χ1) is 32.5. The van der Waals surface area contributed by atoms with Crippen molar-refractivity contribution in [2.45, 2.75) is 39.3 Å². The summed E-state index contributed by atoms with van der Waals surface area (Å²) in [6, 6.07) is 79.5. The van der Waals surface area contributed by atoms with Gasteiger partial charge in [-0.05, 0) is 142 Å². The molecule has 3 nitrogen and oxygen atoms in total. The van der Waals surface area contributed by atoms with E-state index >= 15 is 0 Å². The summed E-state index contributed by atoms with van der Waals surface area (Å²) in [7, 11) is -2.92. The van der Waals surface area contributed by atoms with E-state index in [-0.39, 0.29) is 0 Å². The van der Waals surface area contributed by atoms with E-state index in [2.05, 4.69) is 266 Å². The lowest BCUT2D eigenvalue weighted by Gasteiger charge is -2.27. The molecule has 324 valence electrons. The van der Waals surface area contributed by atoms with Gasteiger partial charge in [0.25, 0.3) is 0 Å². The van der Waals surface area contributed by atoms with Crippen LogP contribution in [-0.4, -0.2) is 20.5 Å². The number of rotatable bonds is 9. The molecule has 0 unspecified atom stereocenters. The highest BCUT2D eigenvalue weighted by Crippen LogP contribution is 2.46. The maximum Gasteiger partial charge on any atom is 0.0775 e. The molecule has 0 spiro atoms. The number of fused-ring (bicyclic) bond motifs is 8. The fraction of sp³-hybridized carbons (Fsp3) is 0.0968. The number of para-hydroxylation sites is 2. The van der Waals surface area contributed by atoms with Crippen LogP contribution in [0.1, 0.15) is 0 Å². The first kappa shape index (κ1) is 41.0. The molecule has 0 aliphatic rings. The lowest BCUT2D eigenvalue weighted by molar-refractivity contribution is 1.29. The third-order valence-electron chi connectivity index (χ3n) is 13.9. The van der Waals surface area contributed by atoms with E-state index in [1.54, 1.807) is 0 Å². The van der Waals surface area contributed by atoms with Crippen molar-refractivity contribution in [3.8, 4) is 11.1 Å². The summed E-state index contributed by atoms with van der Waals surface area (Å²) in [4.78, 5) is 4.79. The van der Waals surface area contributed by atoms with Gasteiger partial charge in [-0.3, -0.25) is 0 Å². The highest BCUT2D eigenvalue weighted by Gasteiger charge is 2.23. The zero-order valence-electron chi connectivity index (χ0n) is 39.0. The zero-order chi connectivity index (χ0) is 45.6. The van der Waals surface area contributed by atoms with Gasteiger partial charge >= 0.3 is 0 Å². The van der Waals surface area contributed by atoms with E-state index in [4.69, 9.17) is 0 Å². The van der Waals surface area contributed by atoms with Gasteiger partial charge in [-0.25, -0.2) is 0 Å². The maximum atomic E-state index is 2.55. The van der Waals surface area contributed by atoms with Crippen molar-refractivity contribution in [2.24, 2.45) is 0 Å². The highest BCUT2D eigenvalue weighted by molar-refractivity contribution is 6.89. The molecule has 0 fully saturated rings. The number of hydrogen-bond acceptors (Lipinski definition) is 2. The molecule has 12 rings (SSSR count). The molecule has 0 radical (unpaired) electrons. The molecule has 0 aliphatic heterocycles. The Kier molecular flexibility index (Phi) is 9.54. The van der Waals surface area contributed by atoms with Crippen LogP contribution in [0.3, 0.4) is 0 Å². The fourth-order valence-corrected chi connectivity index (χ4v) is 12.7. The van der Waals surface area contributed by atoms with Gasteiger partial charge in [0.15, 0.2) is 0 Å². The molecule has 0 aliphatic carbocycles. The molecule has 0 saturated heterocycles. The van der Waals surface area contributed by atoms with Crippen molar-refractivity contribution < 1.29 is 0 Å². The first-order valence-corrected chi connectivity index (χ1v) is 30.6. The standard InChI is InChI=1S/C62H53N3Si2/c1-66(2,3)54-30-26-50(27-31-54)63(48-18-12-8-13-19-48)52-24-22-43-36-56-58-38-47(42-16-10-7-11-17-42)39-59-57-37-44-23-25-53(35-46(44)41-61(57)65(62(58)59)60(56)40-45(43)34-52)64(49-20-14-9-15-21-49)51-28-32-55(33-29-51)67(4,5)6/h7-41H,1-6H3. The molecule has 0 atom stereocenters. The zero-order valence-corrected chi connectivity index (χ0v) is 41.0. The van der Waals surface area contributed by atoms with Crippen molar-refractivity contribution >= 4 is 120 Å². The van der Waals surface area contributed by atoms with Gasteiger partial charge < -0.3 is 14.2 Å². The highest BCUT2D eigenvalue weighted by atomic mass is 28.3. The molecule has 10 aromatic carbocycles. The summed E-state index contributed by atoms with van der Waals surface area (Å²) >= 11 is 0. The van der Waals surface area contributed by atoms with Crippen molar-refractivity contribution in [2.75, 3.05) is 9.80 Å². The SMILES string of the molecule is C[Si](C)(C)c1ccc(N(c2ccccc2)c2ccc3cc4c5cc(-c6ccccc6)cc6c7cc8ccc(N(c9ccccc9)c9ccc([Si](C)(C)C)cc9)cc8cc7n(c4cc3c2)c56)cc1. The van der Waals surface area contributed by atoms with Crippen LogP contribution < -0.4 is 20.2 Å². The average Bonchev–Trinajstić information content (AvgIpc) is 3.83. The molecule has 5 heteroatoms. The summed E-state index contributed by atoms with van der Waals surface area (Å²) in [5, 5.41) is 12.9. The van der Waals surface area contributed by atoms with Crippen LogP contribution in [0.4, 0.5) is 34.1 Å². The molecule has 2 aromatic heterocycles. The van der Waals surface area contributed by atoms with Gasteiger partial charge in [-0.2, -0.15) is 0 Å². The number of anilines is 6. The second-order valence-corrected chi connectivity index (χ2v) is 30.5. The summed E-state index contributed by atoms with van der Waals surface area (Å²) in [6.07, 6.45) is 0. The van der Waals surface area contributed by atoms with E-state index < -0.39 is 16.1 Å². The van der Waals surface area contributed by atoms with Gasteiger partial charge in [0.2, 0.25) is 0 Å². The van der Waals surface area contributed by atoms with Crippen LogP contribution in [0.2, 0.25) is 39.3 Å². The molecule has 67 heavy (non-hydrogen) atoms. The van der Waals surface area contributed by atoms with Gasteiger partial charge in [-0.1, -0.05) is 153 Å². The predicted molar refractivity (Wildman–Crippen MR) is 297 cm³/mol. The first-order valence-electron chi connectivity index (χ1n) is 23.6. The van der Waals surface area contributed by atoms with Crippen LogP contribution in [0.5, 0.6) is 0 Å². The summed E-state index contributed by atoms with van der Waals surface area (Å²) in [6.45, 7) is 14.5. The minimum atomic E-state index is -1.46. The second-order valence-electron chi connectivity index (χ2n) is 20.4. The van der Waals surface area contributed by atoms with E-state index in [1.807, 2.05) is 0 Å². The lowest BCUT2D eigenvalue weighted by Crippen LogP contribution is -2.37. The van der Waals surface area contributed by atoms with E-state index in [1.165, 1.54) is 81.1 Å². The second kappa shape index (κ2) is 15.6. The van der Waals surface area contributed by atoms with Gasteiger partial charge in [0, 0.05) is 55.7 Å². The van der Waals surface area contributed by atoms with Gasteiger partial charge in [0.1, 0.15) is 0 Å². The van der Waals surface area contributed by atoms with Crippen molar-refractivity contribution in [3.05, 3.63) is 212 Å². The topological polar surface area (TPSA) is 10.9 Å². The lowest BCUT2D eigenvalue weighted by atomic mass is 9.97. The Morgan fingerprint density at radius 2 is 0.672 bits per heavy atom. The summed E-state index contributed by atoms with van der Waals surface area (Å²) < 4.78 is 2.55. The molecular weight excluding hydrogens is 843 g/mol. The largest absolute Gasteiger partial charge is 0.310 e. The monoisotopic (exact) mass is 895 g/mol. The van der Waals surface area contributed by atoms with Crippen LogP contribution in [0.15, 0.2) is 212 Å². The Bertz CT molecular complexity index is 3560. The van der Waals surface area contributed by atoms with Crippen molar-refractivity contribution in [3.63, 3.8) is 0 Å². The third kappa shape index (κ3) is 7.09. The van der Waals surface area contributed by atoms with Crippen molar-refractivity contribution in [1.29, 1.82) is 0 Å². The molecular formula is C62H53N3Si2. The minimum Gasteiger partial charge on any atom is -0.310 e. The maximum absolute atomic E-state index is 2.55. The Hall–Kier alpha value is -7.45. The molecule has 12 aromatic rings. The summed E-state index contributed by atoms with van der Waals surface area (Å²) in [5.41, 5.74) is 13.1. The van der Waals surface area contributed by atoms with Crippen LogP contribution >= 0.6 is 0 Å². The Labute approximate surface area is 395 Å². The molecule has 0 bridgehead atoms. The average molecular weight is 896 g/mol. The Morgan fingerprint density at radius 3 is 1.07 bits per heavy atom. The Balaban J connectivity index is 1.08. The molecule has 0 N–H and O–H groups in total. The van der Waals surface area contributed by atoms with Gasteiger partial charge in [0.05, 0.1) is 32.7 Å². The van der Waals surface area contributed by atoms with Crippen LogP contribution in [-0.2, 0) is 0 Å². The number of benzene rings is 10. The predicted octanol–water partition coefficient (Wildman–Crippen LogP) is 16.8. The van der Waals surface area contributed by atoms with Gasteiger partial charge in [-0.15, -0.1) is 0 Å². The Morgan fingerprint density at radius 1 is 0.299 bits per heavy atom. The van der Waals surface area contributed by atoms with E-state index in [0.29, 0.717) is 0 Å². The fourth-order valence-electron chi connectivity index (χ4n) is 10.3. The summed E-state index contributed by atoms with van der Waals surface area (Å²) in [5.74, 6) is 0. The molecule has 0 saturated carbocycles. The number of aromatic nitrogens is 1. The quantitative estimate of drug-likeness (QED) is 0.134. The van der Waals surface area contributed by atoms with Crippen molar-refractivity contribution in [1.82, 2.24) is 4.40 Å². The molecule has 2 heterocycles. The van der Waals surface area contributed by atoms with Crippen LogP contribution in [0.25, 0.3) is 70.8 Å². The number of nitrogens with zero attached hydrogens (tertiary/aromatic N) is 3. The normalized spacial score (nSPS) is 12.3. The van der Waals surface area contributed by atoms with Crippen LogP contribution in [0, 0.1) is 0 Å².